The van der Waals surface area contributed by atoms with Crippen LogP contribution in [0.3, 0.4) is 0 Å². The van der Waals surface area contributed by atoms with Crippen molar-refractivity contribution in [1.29, 1.82) is 0 Å². The largest absolute Gasteiger partial charge is 0.374 e. The Hall–Kier alpha value is -2.07. The van der Waals surface area contributed by atoms with Gasteiger partial charge in [0.05, 0.1) is 17.3 Å². The van der Waals surface area contributed by atoms with Crippen LogP contribution < -0.4 is 10.2 Å². The zero-order chi connectivity index (χ0) is 14.5. The fourth-order valence-corrected chi connectivity index (χ4v) is 1.90. The highest BCUT2D eigenvalue weighted by molar-refractivity contribution is 6.31. The van der Waals surface area contributed by atoms with E-state index < -0.39 is 5.82 Å². The van der Waals surface area contributed by atoms with Crippen molar-refractivity contribution in [3.05, 3.63) is 59.4 Å². The molecule has 104 valence electrons. The van der Waals surface area contributed by atoms with E-state index >= 15 is 0 Å². The van der Waals surface area contributed by atoms with Crippen LogP contribution >= 0.6 is 11.6 Å². The van der Waals surface area contributed by atoms with E-state index in [-0.39, 0.29) is 23.2 Å². The fourth-order valence-electron chi connectivity index (χ4n) is 1.73. The summed E-state index contributed by atoms with van der Waals surface area (Å²) in [5.41, 5.74) is 0.998. The molecule has 0 saturated heterocycles. The number of hydrogen-bond acceptors (Lipinski definition) is 2. The van der Waals surface area contributed by atoms with E-state index in [4.69, 9.17) is 11.6 Å². The lowest BCUT2D eigenvalue weighted by atomic mass is 10.3. The summed E-state index contributed by atoms with van der Waals surface area (Å²) in [6, 6.07) is 13.9. The number of anilines is 2. The number of rotatable bonds is 4. The second-order valence-electron chi connectivity index (χ2n) is 4.24. The van der Waals surface area contributed by atoms with Gasteiger partial charge in [-0.05, 0) is 24.3 Å². The van der Waals surface area contributed by atoms with Gasteiger partial charge >= 0.3 is 0 Å². The minimum Gasteiger partial charge on any atom is -0.374 e. The zero-order valence-corrected chi connectivity index (χ0v) is 11.7. The second kappa shape index (κ2) is 6.39. The predicted molar refractivity (Wildman–Crippen MR) is 79.8 cm³/mol. The average molecular weight is 293 g/mol. The molecule has 5 heteroatoms. The number of carbonyl (C=O) groups excluding carboxylic acids is 1. The van der Waals surface area contributed by atoms with Gasteiger partial charge in [-0.3, -0.25) is 4.79 Å². The number of amides is 1. The lowest BCUT2D eigenvalue weighted by molar-refractivity contribution is -0.116. The van der Waals surface area contributed by atoms with E-state index in [1.165, 1.54) is 17.0 Å². The summed E-state index contributed by atoms with van der Waals surface area (Å²) in [7, 11) is 1.67. The van der Waals surface area contributed by atoms with Gasteiger partial charge in [0.2, 0.25) is 5.91 Å². The van der Waals surface area contributed by atoms with Crippen molar-refractivity contribution in [3.8, 4) is 0 Å². The van der Waals surface area contributed by atoms with E-state index in [0.717, 1.165) is 5.69 Å². The van der Waals surface area contributed by atoms with Crippen LogP contribution in [0, 0.1) is 5.82 Å². The van der Waals surface area contributed by atoms with Crippen molar-refractivity contribution >= 4 is 28.9 Å². The first kappa shape index (κ1) is 14.3. The molecule has 1 N–H and O–H groups in total. The molecular weight excluding hydrogens is 279 g/mol. The van der Waals surface area contributed by atoms with Crippen LogP contribution in [0.1, 0.15) is 0 Å². The molecule has 2 aromatic carbocycles. The summed E-state index contributed by atoms with van der Waals surface area (Å²) < 4.78 is 13.7. The van der Waals surface area contributed by atoms with Gasteiger partial charge in [-0.2, -0.15) is 0 Å². The molecule has 0 bridgehead atoms. The van der Waals surface area contributed by atoms with Crippen LogP contribution in [-0.2, 0) is 4.79 Å². The molecule has 20 heavy (non-hydrogen) atoms. The summed E-state index contributed by atoms with van der Waals surface area (Å²) in [4.78, 5) is 13.5. The van der Waals surface area contributed by atoms with Gasteiger partial charge in [0.15, 0.2) is 5.82 Å². The number of nitrogens with zero attached hydrogens (tertiary/aromatic N) is 1. The van der Waals surface area contributed by atoms with Gasteiger partial charge in [-0.25, -0.2) is 4.39 Å². The topological polar surface area (TPSA) is 32.3 Å². The van der Waals surface area contributed by atoms with Crippen LogP contribution in [0.4, 0.5) is 15.8 Å². The van der Waals surface area contributed by atoms with E-state index in [0.29, 0.717) is 0 Å². The number of nitrogens with one attached hydrogen (secondary N) is 1. The highest BCUT2D eigenvalue weighted by atomic mass is 35.5. The van der Waals surface area contributed by atoms with Gasteiger partial charge < -0.3 is 10.2 Å². The smallest absolute Gasteiger partial charge is 0.246 e. The number of para-hydroxylation sites is 1. The number of carbonyl (C=O) groups is 1. The molecule has 0 aromatic heterocycles. The van der Waals surface area contributed by atoms with Gasteiger partial charge in [0, 0.05) is 12.7 Å². The quantitative estimate of drug-likeness (QED) is 0.934. The van der Waals surface area contributed by atoms with Crippen LogP contribution in [0.2, 0.25) is 5.02 Å². The standard InChI is InChI=1S/C15H14ClFN2O/c1-19(11-6-3-2-4-7-11)14(20)10-18-13-9-5-8-12(16)15(13)17/h2-9,18H,10H2,1H3. The third kappa shape index (κ3) is 3.27. The zero-order valence-electron chi connectivity index (χ0n) is 10.9. The Balaban J connectivity index is 2.00. The fraction of sp³-hybridized carbons (Fsp3) is 0.133. The highest BCUT2D eigenvalue weighted by Crippen LogP contribution is 2.21. The summed E-state index contributed by atoms with van der Waals surface area (Å²) in [6.07, 6.45) is 0. The van der Waals surface area contributed by atoms with Gasteiger partial charge in [0.1, 0.15) is 0 Å². The molecule has 0 aliphatic rings. The molecule has 0 atom stereocenters. The lowest BCUT2D eigenvalue weighted by Gasteiger charge is -2.18. The maximum absolute atomic E-state index is 13.7. The number of hydrogen-bond donors (Lipinski definition) is 1. The molecule has 1 amide bonds. The molecule has 0 heterocycles. The maximum Gasteiger partial charge on any atom is 0.246 e. The molecular formula is C15H14ClFN2O. The molecule has 0 fully saturated rings. The monoisotopic (exact) mass is 292 g/mol. The summed E-state index contributed by atoms with van der Waals surface area (Å²) in [5, 5.41) is 2.78. The minimum atomic E-state index is -0.552. The summed E-state index contributed by atoms with van der Waals surface area (Å²) in [5.74, 6) is -0.722. The molecule has 0 radical (unpaired) electrons. The minimum absolute atomic E-state index is 0.0113. The van der Waals surface area contributed by atoms with E-state index in [2.05, 4.69) is 5.32 Å². The van der Waals surface area contributed by atoms with Crippen molar-refractivity contribution in [3.63, 3.8) is 0 Å². The molecule has 0 aliphatic heterocycles. The van der Waals surface area contributed by atoms with E-state index in [9.17, 15) is 9.18 Å². The Kier molecular flexibility index (Phi) is 4.58. The van der Waals surface area contributed by atoms with Gasteiger partial charge in [-0.1, -0.05) is 35.9 Å². The summed E-state index contributed by atoms with van der Waals surface area (Å²) in [6.45, 7) is -0.0113. The predicted octanol–water partition coefficient (Wildman–Crippen LogP) is 3.55. The van der Waals surface area contributed by atoms with Gasteiger partial charge in [0.25, 0.3) is 0 Å². The first-order valence-corrected chi connectivity index (χ1v) is 6.47. The SMILES string of the molecule is CN(C(=O)CNc1cccc(Cl)c1F)c1ccccc1. The first-order valence-electron chi connectivity index (χ1n) is 6.09. The summed E-state index contributed by atoms with van der Waals surface area (Å²) >= 11 is 5.68. The molecule has 0 aliphatic carbocycles. The second-order valence-corrected chi connectivity index (χ2v) is 4.65. The average Bonchev–Trinajstić information content (AvgIpc) is 2.48. The Morgan fingerprint density at radius 1 is 1.20 bits per heavy atom. The van der Waals surface area contributed by atoms with Crippen molar-refractivity contribution in [2.75, 3.05) is 23.8 Å². The molecule has 0 spiro atoms. The Labute approximate surface area is 122 Å². The lowest BCUT2D eigenvalue weighted by Crippen LogP contribution is -2.32. The van der Waals surface area contributed by atoms with Gasteiger partial charge in [-0.15, -0.1) is 0 Å². The van der Waals surface area contributed by atoms with Crippen molar-refractivity contribution in [1.82, 2.24) is 0 Å². The first-order chi connectivity index (χ1) is 9.59. The highest BCUT2D eigenvalue weighted by Gasteiger charge is 2.12. The Bertz CT molecular complexity index is 604. The maximum atomic E-state index is 13.7. The molecule has 0 saturated carbocycles. The third-order valence-electron chi connectivity index (χ3n) is 2.90. The number of halogens is 2. The van der Waals surface area contributed by atoms with Crippen molar-refractivity contribution in [2.24, 2.45) is 0 Å². The van der Waals surface area contributed by atoms with E-state index in [1.807, 2.05) is 30.3 Å². The molecule has 3 nitrogen and oxygen atoms in total. The third-order valence-corrected chi connectivity index (χ3v) is 3.19. The molecule has 2 aromatic rings. The normalized spacial score (nSPS) is 10.2. The van der Waals surface area contributed by atoms with E-state index in [1.54, 1.807) is 13.1 Å². The van der Waals surface area contributed by atoms with Crippen LogP contribution in [-0.4, -0.2) is 19.5 Å². The van der Waals surface area contributed by atoms with Crippen molar-refractivity contribution in [2.45, 2.75) is 0 Å². The molecule has 2 rings (SSSR count). The Morgan fingerprint density at radius 2 is 1.90 bits per heavy atom. The van der Waals surface area contributed by atoms with Crippen LogP contribution in [0.5, 0.6) is 0 Å². The Morgan fingerprint density at radius 3 is 2.60 bits per heavy atom. The van der Waals surface area contributed by atoms with Crippen LogP contribution in [0.15, 0.2) is 48.5 Å². The van der Waals surface area contributed by atoms with Crippen molar-refractivity contribution < 1.29 is 9.18 Å². The van der Waals surface area contributed by atoms with Crippen LogP contribution in [0.25, 0.3) is 0 Å². The molecule has 0 unspecified atom stereocenters. The number of likely N-dealkylation sites (N-methyl/N-ethyl adjacent to an activating group) is 1. The number of benzene rings is 2.